The minimum absolute atomic E-state index is 1.16. The molecule has 0 aromatic heterocycles. The highest BCUT2D eigenvalue weighted by Crippen LogP contribution is 2.01. The van der Waals surface area contributed by atoms with Gasteiger partial charge in [-0.05, 0) is 38.5 Å². The molecule has 0 fully saturated rings. The highest BCUT2D eigenvalue weighted by Gasteiger charge is 1.80. The molecule has 0 heterocycles. The van der Waals surface area contributed by atoms with Crippen LogP contribution in [0.25, 0.3) is 0 Å². The zero-order valence-electron chi connectivity index (χ0n) is 8.86. The van der Waals surface area contributed by atoms with Gasteiger partial charge in [-0.25, -0.2) is 0 Å². The summed E-state index contributed by atoms with van der Waals surface area (Å²) in [5, 5.41) is 0. The van der Waals surface area contributed by atoms with Crippen molar-refractivity contribution in [3.8, 4) is 0 Å². The maximum atomic E-state index is 2.29. The lowest BCUT2D eigenvalue weighted by molar-refractivity contribution is 0.983. The molecule has 1 aliphatic rings. The van der Waals surface area contributed by atoms with Crippen LogP contribution in [0.2, 0.25) is 0 Å². The second kappa shape index (κ2) is 8.55. The van der Waals surface area contributed by atoms with Crippen LogP contribution >= 0.6 is 0 Å². The molecule has 0 bridgehead atoms. The molecule has 0 spiro atoms. The van der Waals surface area contributed by atoms with E-state index in [4.69, 9.17) is 0 Å². The van der Waals surface area contributed by atoms with Gasteiger partial charge in [-0.3, -0.25) is 0 Å². The van der Waals surface area contributed by atoms with E-state index >= 15 is 0 Å². The lowest BCUT2D eigenvalue weighted by Crippen LogP contribution is -1.70. The van der Waals surface area contributed by atoms with Crippen LogP contribution in [0.4, 0.5) is 0 Å². The van der Waals surface area contributed by atoms with Crippen molar-refractivity contribution < 1.29 is 0 Å². The molecule has 1 rings (SSSR count). The van der Waals surface area contributed by atoms with Gasteiger partial charge in [0, 0.05) is 0 Å². The summed E-state index contributed by atoms with van der Waals surface area (Å²) in [6.07, 6.45) is 25.0. The molecule has 0 amide bonds. The molecule has 0 atom stereocenters. The van der Waals surface area contributed by atoms with Crippen LogP contribution in [0, 0.1) is 0 Å². The van der Waals surface area contributed by atoms with Crippen LogP contribution in [-0.4, -0.2) is 0 Å². The SMILES string of the molecule is C1=C\CC/C=C\CC/C=C/CC/C=C/1. The Morgan fingerprint density at radius 2 is 0.643 bits per heavy atom. The van der Waals surface area contributed by atoms with Gasteiger partial charge in [0.15, 0.2) is 0 Å². The highest BCUT2D eigenvalue weighted by atomic mass is 13.9. The molecule has 0 unspecified atom stereocenters. The summed E-state index contributed by atoms with van der Waals surface area (Å²) in [6, 6.07) is 0. The summed E-state index contributed by atoms with van der Waals surface area (Å²) in [5.41, 5.74) is 0. The molecule has 76 valence electrons. The molecule has 0 saturated carbocycles. The zero-order valence-corrected chi connectivity index (χ0v) is 8.86. The first-order valence-electron chi connectivity index (χ1n) is 5.62. The van der Waals surface area contributed by atoms with Crippen molar-refractivity contribution in [3.05, 3.63) is 48.6 Å². The van der Waals surface area contributed by atoms with E-state index in [0.29, 0.717) is 0 Å². The van der Waals surface area contributed by atoms with Crippen molar-refractivity contribution in [2.75, 3.05) is 0 Å². The van der Waals surface area contributed by atoms with E-state index in [2.05, 4.69) is 48.6 Å². The van der Waals surface area contributed by atoms with Crippen molar-refractivity contribution in [1.82, 2.24) is 0 Å². The molecule has 14 heavy (non-hydrogen) atoms. The lowest BCUT2D eigenvalue weighted by Gasteiger charge is -1.90. The van der Waals surface area contributed by atoms with Crippen LogP contribution in [0.15, 0.2) is 48.6 Å². The lowest BCUT2D eigenvalue weighted by atomic mass is 10.2. The Kier molecular flexibility index (Phi) is 6.74. The zero-order chi connectivity index (χ0) is 9.90. The van der Waals surface area contributed by atoms with E-state index in [1.54, 1.807) is 0 Å². The summed E-state index contributed by atoms with van der Waals surface area (Å²) < 4.78 is 0. The van der Waals surface area contributed by atoms with Crippen LogP contribution in [0.5, 0.6) is 0 Å². The first kappa shape index (κ1) is 11.0. The third-order valence-corrected chi connectivity index (χ3v) is 2.22. The fourth-order valence-electron chi connectivity index (χ4n) is 1.40. The average molecular weight is 188 g/mol. The van der Waals surface area contributed by atoms with Crippen molar-refractivity contribution in [2.24, 2.45) is 0 Å². The smallest absolute Gasteiger partial charge is 0.0313 e. The molecule has 0 nitrogen and oxygen atoms in total. The van der Waals surface area contributed by atoms with E-state index in [1.165, 1.54) is 25.7 Å². The standard InChI is InChI=1S/C14H20/c1-2-4-6-8-10-12-14-13-11-9-7-5-3-1/h1-4,9-12H,5-8,13-14H2/b3-1-,4-2+,11-9-,12-10+. The third-order valence-electron chi connectivity index (χ3n) is 2.22. The van der Waals surface area contributed by atoms with Gasteiger partial charge in [-0.15, -0.1) is 0 Å². The Morgan fingerprint density at radius 3 is 1.00 bits per heavy atom. The van der Waals surface area contributed by atoms with Gasteiger partial charge in [0.1, 0.15) is 0 Å². The third kappa shape index (κ3) is 6.47. The molecule has 0 saturated heterocycles. The number of hydrogen-bond acceptors (Lipinski definition) is 0. The van der Waals surface area contributed by atoms with E-state index < -0.39 is 0 Å². The van der Waals surface area contributed by atoms with E-state index in [9.17, 15) is 0 Å². The number of hydrogen-bond donors (Lipinski definition) is 0. The highest BCUT2D eigenvalue weighted by molar-refractivity contribution is 5.04. The predicted octanol–water partition coefficient (Wildman–Crippen LogP) is 4.57. The topological polar surface area (TPSA) is 0 Å². The maximum Gasteiger partial charge on any atom is -0.0313 e. The first-order valence-corrected chi connectivity index (χ1v) is 5.62. The Hall–Kier alpha value is -1.04. The first-order chi connectivity index (χ1) is 7.00. The maximum absolute atomic E-state index is 2.29. The summed E-state index contributed by atoms with van der Waals surface area (Å²) >= 11 is 0. The predicted molar refractivity (Wildman–Crippen MR) is 64.3 cm³/mol. The second-order valence-corrected chi connectivity index (χ2v) is 3.53. The largest absolute Gasteiger partial charge is 0.0882 e. The minimum Gasteiger partial charge on any atom is -0.0882 e. The summed E-state index contributed by atoms with van der Waals surface area (Å²) in [7, 11) is 0. The fourth-order valence-corrected chi connectivity index (χ4v) is 1.40. The van der Waals surface area contributed by atoms with Crippen LogP contribution in [0.1, 0.15) is 38.5 Å². The number of allylic oxidation sites excluding steroid dienone is 8. The van der Waals surface area contributed by atoms with E-state index in [0.717, 1.165) is 12.8 Å². The van der Waals surface area contributed by atoms with Crippen LogP contribution < -0.4 is 0 Å². The van der Waals surface area contributed by atoms with Gasteiger partial charge in [-0.2, -0.15) is 0 Å². The van der Waals surface area contributed by atoms with E-state index in [-0.39, 0.29) is 0 Å². The van der Waals surface area contributed by atoms with Gasteiger partial charge in [0.25, 0.3) is 0 Å². The monoisotopic (exact) mass is 188 g/mol. The molecule has 0 N–H and O–H groups in total. The summed E-state index contributed by atoms with van der Waals surface area (Å²) in [4.78, 5) is 0. The van der Waals surface area contributed by atoms with Crippen molar-refractivity contribution >= 4 is 0 Å². The summed E-state index contributed by atoms with van der Waals surface area (Å²) in [5.74, 6) is 0. The van der Waals surface area contributed by atoms with Gasteiger partial charge in [0.05, 0.1) is 0 Å². The van der Waals surface area contributed by atoms with Gasteiger partial charge < -0.3 is 0 Å². The molecule has 1 aliphatic carbocycles. The molecular formula is C14H20. The van der Waals surface area contributed by atoms with Crippen molar-refractivity contribution in [2.45, 2.75) is 38.5 Å². The van der Waals surface area contributed by atoms with Gasteiger partial charge in [0.2, 0.25) is 0 Å². The fraction of sp³-hybridized carbons (Fsp3) is 0.429. The molecule has 0 radical (unpaired) electrons. The minimum atomic E-state index is 1.16. The Labute approximate surface area is 87.7 Å². The Bertz CT molecular complexity index is 202. The molecular weight excluding hydrogens is 168 g/mol. The normalized spacial score (nSPS) is 28.6. The molecule has 0 aromatic carbocycles. The van der Waals surface area contributed by atoms with Gasteiger partial charge >= 0.3 is 0 Å². The number of rotatable bonds is 0. The molecule has 0 aromatic rings. The van der Waals surface area contributed by atoms with Crippen LogP contribution in [0.3, 0.4) is 0 Å². The van der Waals surface area contributed by atoms with Crippen LogP contribution in [-0.2, 0) is 0 Å². The Morgan fingerprint density at radius 1 is 0.357 bits per heavy atom. The average Bonchev–Trinajstić information content (AvgIpc) is 2.22. The second-order valence-electron chi connectivity index (χ2n) is 3.53. The quantitative estimate of drug-likeness (QED) is 0.489. The van der Waals surface area contributed by atoms with Gasteiger partial charge in [-0.1, -0.05) is 48.6 Å². The molecule has 0 heteroatoms. The van der Waals surface area contributed by atoms with Crippen molar-refractivity contribution in [1.29, 1.82) is 0 Å². The summed E-state index contributed by atoms with van der Waals surface area (Å²) in [6.45, 7) is 0. The van der Waals surface area contributed by atoms with E-state index in [1.807, 2.05) is 0 Å². The Balaban J connectivity index is 2.34. The van der Waals surface area contributed by atoms with Crippen molar-refractivity contribution in [3.63, 3.8) is 0 Å². The molecule has 0 aliphatic heterocycles.